The number of rotatable bonds is 3. The molecule has 0 saturated heterocycles. The molecule has 0 bridgehead atoms. The Bertz CT molecular complexity index is 394. The molecular weight excluding hydrogens is 228 g/mol. The molecule has 0 atom stereocenters. The van der Waals surface area contributed by atoms with Crippen LogP contribution in [0.3, 0.4) is 0 Å². The number of hydrogen-bond acceptors (Lipinski definition) is 3. The van der Waals surface area contributed by atoms with Crippen molar-refractivity contribution in [2.24, 2.45) is 0 Å². The van der Waals surface area contributed by atoms with Crippen molar-refractivity contribution < 1.29 is 14.6 Å². The zero-order chi connectivity index (χ0) is 12.5. The van der Waals surface area contributed by atoms with Gasteiger partial charge in [-0.15, -0.1) is 0 Å². The van der Waals surface area contributed by atoms with Crippen LogP contribution < -0.4 is 9.47 Å². The van der Waals surface area contributed by atoms with Crippen LogP contribution in [0.4, 0.5) is 0 Å². The Morgan fingerprint density at radius 2 is 1.81 bits per heavy atom. The Kier molecular flexibility index (Phi) is 3.71. The molecule has 0 heterocycles. The molecule has 0 amide bonds. The van der Waals surface area contributed by atoms with Gasteiger partial charge in [0, 0.05) is 16.7 Å². The van der Waals surface area contributed by atoms with Gasteiger partial charge >= 0.3 is 0 Å². The first kappa shape index (κ1) is 13.1. The van der Waals surface area contributed by atoms with Crippen molar-refractivity contribution in [1.29, 1.82) is 0 Å². The summed E-state index contributed by atoms with van der Waals surface area (Å²) >= 11 is 6.09. The maximum atomic E-state index is 10.1. The molecular formula is C12H17ClO3. The Hall–Kier alpha value is -0.930. The van der Waals surface area contributed by atoms with E-state index >= 15 is 0 Å². The Balaban J connectivity index is 3.60. The first-order valence-corrected chi connectivity index (χ1v) is 5.34. The van der Waals surface area contributed by atoms with Crippen molar-refractivity contribution >= 4 is 11.6 Å². The average molecular weight is 245 g/mol. The minimum Gasteiger partial charge on any atom is -0.493 e. The molecule has 16 heavy (non-hydrogen) atoms. The van der Waals surface area contributed by atoms with Crippen LogP contribution in [-0.4, -0.2) is 19.3 Å². The van der Waals surface area contributed by atoms with Crippen LogP contribution in [0.25, 0.3) is 0 Å². The van der Waals surface area contributed by atoms with Gasteiger partial charge in [-0.1, -0.05) is 11.6 Å². The number of halogens is 1. The van der Waals surface area contributed by atoms with Gasteiger partial charge in [-0.3, -0.25) is 0 Å². The summed E-state index contributed by atoms with van der Waals surface area (Å²) in [7, 11) is 3.08. The predicted molar refractivity (Wildman–Crippen MR) is 64.5 cm³/mol. The Morgan fingerprint density at radius 3 is 2.19 bits per heavy atom. The van der Waals surface area contributed by atoms with Crippen LogP contribution in [0.5, 0.6) is 11.5 Å². The largest absolute Gasteiger partial charge is 0.493 e. The average Bonchev–Trinajstić information content (AvgIpc) is 2.19. The summed E-state index contributed by atoms with van der Waals surface area (Å²) in [6.07, 6.45) is 0. The van der Waals surface area contributed by atoms with Crippen LogP contribution in [-0.2, 0) is 5.60 Å². The second-order valence-electron chi connectivity index (χ2n) is 4.15. The minimum atomic E-state index is -1.03. The molecule has 3 nitrogen and oxygen atoms in total. The van der Waals surface area contributed by atoms with Gasteiger partial charge in [0.05, 0.1) is 19.8 Å². The highest BCUT2D eigenvalue weighted by Crippen LogP contribution is 2.42. The van der Waals surface area contributed by atoms with E-state index < -0.39 is 5.60 Å². The van der Waals surface area contributed by atoms with Crippen molar-refractivity contribution in [1.82, 2.24) is 0 Å². The van der Waals surface area contributed by atoms with E-state index in [9.17, 15) is 5.11 Å². The Morgan fingerprint density at radius 1 is 1.25 bits per heavy atom. The lowest BCUT2D eigenvalue weighted by Crippen LogP contribution is -2.19. The highest BCUT2D eigenvalue weighted by atomic mass is 35.5. The predicted octanol–water partition coefficient (Wildman–Crippen LogP) is 2.89. The standard InChI is InChI=1S/C12H17ClO3/c1-7-8(13)6-9(15-4)11(16-5)10(7)12(2,3)14/h6,14H,1-5H3. The molecule has 0 aliphatic heterocycles. The van der Waals surface area contributed by atoms with Crippen molar-refractivity contribution in [3.05, 3.63) is 22.2 Å². The molecule has 0 aromatic heterocycles. The number of aliphatic hydroxyl groups is 1. The van der Waals surface area contributed by atoms with Crippen LogP contribution >= 0.6 is 11.6 Å². The summed E-state index contributed by atoms with van der Waals surface area (Å²) in [4.78, 5) is 0. The summed E-state index contributed by atoms with van der Waals surface area (Å²) in [6.45, 7) is 5.22. The number of benzene rings is 1. The van der Waals surface area contributed by atoms with Gasteiger partial charge in [0.1, 0.15) is 0 Å². The molecule has 0 saturated carbocycles. The molecule has 0 aliphatic rings. The fourth-order valence-electron chi connectivity index (χ4n) is 1.79. The van der Waals surface area contributed by atoms with Crippen LogP contribution in [0.1, 0.15) is 25.0 Å². The minimum absolute atomic E-state index is 0.523. The van der Waals surface area contributed by atoms with Gasteiger partial charge in [-0.2, -0.15) is 0 Å². The van der Waals surface area contributed by atoms with Crippen molar-refractivity contribution in [2.75, 3.05) is 14.2 Å². The van der Waals surface area contributed by atoms with E-state index in [2.05, 4.69) is 0 Å². The van der Waals surface area contributed by atoms with Gasteiger partial charge in [-0.25, -0.2) is 0 Å². The van der Waals surface area contributed by atoms with Crippen LogP contribution in [0.2, 0.25) is 5.02 Å². The quantitative estimate of drug-likeness (QED) is 0.889. The molecule has 0 radical (unpaired) electrons. The van der Waals surface area contributed by atoms with E-state index in [1.807, 2.05) is 6.92 Å². The second-order valence-corrected chi connectivity index (χ2v) is 4.56. The Labute approximate surface area is 101 Å². The van der Waals surface area contributed by atoms with Crippen molar-refractivity contribution in [2.45, 2.75) is 26.4 Å². The molecule has 90 valence electrons. The molecule has 1 N–H and O–H groups in total. The number of methoxy groups -OCH3 is 2. The molecule has 0 spiro atoms. The van der Waals surface area contributed by atoms with E-state index in [-0.39, 0.29) is 0 Å². The van der Waals surface area contributed by atoms with E-state index in [0.717, 1.165) is 5.56 Å². The van der Waals surface area contributed by atoms with Crippen molar-refractivity contribution in [3.8, 4) is 11.5 Å². The van der Waals surface area contributed by atoms with Gasteiger partial charge in [0.2, 0.25) is 0 Å². The van der Waals surface area contributed by atoms with E-state index in [4.69, 9.17) is 21.1 Å². The molecule has 0 unspecified atom stereocenters. The van der Waals surface area contributed by atoms with Gasteiger partial charge in [0.15, 0.2) is 11.5 Å². The summed E-state index contributed by atoms with van der Waals surface area (Å²) < 4.78 is 10.5. The van der Waals surface area contributed by atoms with E-state index in [1.165, 1.54) is 7.11 Å². The number of hydrogen-bond donors (Lipinski definition) is 1. The fraction of sp³-hybridized carbons (Fsp3) is 0.500. The highest BCUT2D eigenvalue weighted by molar-refractivity contribution is 6.31. The smallest absolute Gasteiger partial charge is 0.167 e. The third-order valence-corrected chi connectivity index (χ3v) is 2.87. The zero-order valence-corrected chi connectivity index (χ0v) is 11.0. The third kappa shape index (κ3) is 2.25. The van der Waals surface area contributed by atoms with Crippen molar-refractivity contribution in [3.63, 3.8) is 0 Å². The lowest BCUT2D eigenvalue weighted by molar-refractivity contribution is 0.0744. The maximum absolute atomic E-state index is 10.1. The maximum Gasteiger partial charge on any atom is 0.167 e. The zero-order valence-electron chi connectivity index (χ0n) is 10.2. The van der Waals surface area contributed by atoms with E-state index in [0.29, 0.717) is 22.1 Å². The van der Waals surface area contributed by atoms with E-state index in [1.54, 1.807) is 27.0 Å². The third-order valence-electron chi connectivity index (χ3n) is 2.48. The summed E-state index contributed by atoms with van der Waals surface area (Å²) in [6, 6.07) is 1.69. The molecule has 1 aromatic rings. The highest BCUT2D eigenvalue weighted by Gasteiger charge is 2.27. The summed E-state index contributed by atoms with van der Waals surface area (Å²) in [5.41, 5.74) is 0.416. The topological polar surface area (TPSA) is 38.7 Å². The monoisotopic (exact) mass is 244 g/mol. The normalized spacial score (nSPS) is 11.4. The molecule has 1 aromatic carbocycles. The molecule has 0 aliphatic carbocycles. The van der Waals surface area contributed by atoms with Crippen LogP contribution in [0, 0.1) is 6.92 Å². The van der Waals surface area contributed by atoms with Crippen LogP contribution in [0.15, 0.2) is 6.07 Å². The summed E-state index contributed by atoms with van der Waals surface area (Å²) in [5, 5.41) is 10.7. The first-order valence-electron chi connectivity index (χ1n) is 4.96. The molecule has 4 heteroatoms. The lowest BCUT2D eigenvalue weighted by Gasteiger charge is -2.25. The second kappa shape index (κ2) is 4.52. The molecule has 1 rings (SSSR count). The fourth-order valence-corrected chi connectivity index (χ4v) is 1.99. The first-order chi connectivity index (χ1) is 7.32. The molecule has 0 fully saturated rings. The van der Waals surface area contributed by atoms with Gasteiger partial charge in [0.25, 0.3) is 0 Å². The SMILES string of the molecule is COc1cc(Cl)c(C)c(C(C)(C)O)c1OC. The van der Waals surface area contributed by atoms with Gasteiger partial charge in [-0.05, 0) is 26.3 Å². The number of ether oxygens (including phenoxy) is 2. The summed E-state index contributed by atoms with van der Waals surface area (Å²) in [5.74, 6) is 1.05. The van der Waals surface area contributed by atoms with Gasteiger partial charge < -0.3 is 14.6 Å². The lowest BCUT2D eigenvalue weighted by atomic mass is 9.92.